The maximum absolute atomic E-state index is 12.7. The number of aromatic nitrogens is 3. The van der Waals surface area contributed by atoms with Crippen molar-refractivity contribution in [2.24, 2.45) is 0 Å². The van der Waals surface area contributed by atoms with E-state index in [1.807, 2.05) is 51.1 Å². The Balaban J connectivity index is 1.68. The normalized spacial score (nSPS) is 17.2. The lowest BCUT2D eigenvalue weighted by atomic mass is 10.2. The van der Waals surface area contributed by atoms with Crippen LogP contribution in [0.15, 0.2) is 30.3 Å². The second-order valence-corrected chi connectivity index (χ2v) is 9.00. The predicted molar refractivity (Wildman–Crippen MR) is 117 cm³/mol. The Kier molecular flexibility index (Phi) is 7.19. The number of anilines is 3. The fourth-order valence-electron chi connectivity index (χ4n) is 3.50. The zero-order valence-electron chi connectivity index (χ0n) is 17.7. The van der Waals surface area contributed by atoms with Crippen molar-refractivity contribution in [3.05, 3.63) is 36.2 Å². The third-order valence-corrected chi connectivity index (χ3v) is 7.44. The van der Waals surface area contributed by atoms with E-state index in [1.165, 1.54) is 4.31 Å². The minimum Gasteiger partial charge on any atom is -0.368 e. The summed E-state index contributed by atoms with van der Waals surface area (Å²) in [5.41, 5.74) is 6.77. The quantitative estimate of drug-likeness (QED) is 0.641. The Morgan fingerprint density at radius 3 is 2.30 bits per heavy atom. The molecule has 30 heavy (non-hydrogen) atoms. The fourth-order valence-corrected chi connectivity index (χ4v) is 5.10. The van der Waals surface area contributed by atoms with Crippen LogP contribution in [0.1, 0.15) is 32.6 Å². The number of nitrogens with one attached hydrogen (secondary N) is 1. The summed E-state index contributed by atoms with van der Waals surface area (Å²) in [5.74, 6) is 1.09. The smallest absolute Gasteiger partial charge is 0.282 e. The zero-order valence-corrected chi connectivity index (χ0v) is 18.5. The second kappa shape index (κ2) is 9.65. The first kappa shape index (κ1) is 22.3. The van der Waals surface area contributed by atoms with Crippen molar-refractivity contribution >= 4 is 27.8 Å². The molecule has 0 aliphatic carbocycles. The first-order valence-electron chi connectivity index (χ1n) is 10.2. The molecule has 10 nitrogen and oxygen atoms in total. The van der Waals surface area contributed by atoms with Crippen LogP contribution in [0.5, 0.6) is 0 Å². The van der Waals surface area contributed by atoms with E-state index in [1.54, 1.807) is 4.31 Å². The number of nitrogens with zero attached hydrogens (tertiary/aromatic N) is 6. The standard InChI is InChI=1S/C19H30N8O2S/c1-4-26(5-2)30(28,29)27-13-11-25(12-14-27)15(3)17-22-18(20)24-19(23-17)21-16-9-7-6-8-10-16/h6-10,15H,4-5,11-14H2,1-3H3,(H3,20,21,22,23,24)/t15-/m1/s1. The van der Waals surface area contributed by atoms with Gasteiger partial charge in [-0.1, -0.05) is 32.0 Å². The summed E-state index contributed by atoms with van der Waals surface area (Å²) in [7, 11) is -3.42. The molecule has 2 heterocycles. The summed E-state index contributed by atoms with van der Waals surface area (Å²) in [6.07, 6.45) is 0. The van der Waals surface area contributed by atoms with Gasteiger partial charge in [-0.2, -0.15) is 32.0 Å². The first-order chi connectivity index (χ1) is 14.3. The highest BCUT2D eigenvalue weighted by molar-refractivity contribution is 7.86. The maximum Gasteiger partial charge on any atom is 0.282 e. The molecule has 3 N–H and O–H groups in total. The Bertz CT molecular complexity index is 929. The molecule has 1 aromatic carbocycles. The van der Waals surface area contributed by atoms with E-state index in [2.05, 4.69) is 25.2 Å². The van der Waals surface area contributed by atoms with E-state index in [9.17, 15) is 8.42 Å². The van der Waals surface area contributed by atoms with E-state index < -0.39 is 10.2 Å². The number of benzene rings is 1. The number of rotatable bonds is 8. The fraction of sp³-hybridized carbons (Fsp3) is 0.526. The van der Waals surface area contributed by atoms with Crippen LogP contribution in [-0.4, -0.2) is 76.1 Å². The van der Waals surface area contributed by atoms with Crippen LogP contribution < -0.4 is 11.1 Å². The van der Waals surface area contributed by atoms with Gasteiger partial charge in [0.1, 0.15) is 0 Å². The Labute approximate surface area is 178 Å². The molecule has 1 aliphatic rings. The summed E-state index contributed by atoms with van der Waals surface area (Å²) in [5, 5.41) is 3.14. The first-order valence-corrected chi connectivity index (χ1v) is 11.6. The van der Waals surface area contributed by atoms with Gasteiger partial charge in [0.15, 0.2) is 5.82 Å². The summed E-state index contributed by atoms with van der Waals surface area (Å²) >= 11 is 0. The van der Waals surface area contributed by atoms with Gasteiger partial charge in [-0.05, 0) is 19.1 Å². The van der Waals surface area contributed by atoms with Crippen LogP contribution in [0.4, 0.5) is 17.6 Å². The molecule has 0 amide bonds. The lowest BCUT2D eigenvalue weighted by Crippen LogP contribution is -2.53. The third kappa shape index (κ3) is 5.04. The second-order valence-electron chi connectivity index (χ2n) is 7.07. The Hall–Kier alpha value is -2.34. The number of hydrogen-bond acceptors (Lipinski definition) is 8. The summed E-state index contributed by atoms with van der Waals surface area (Å²) in [6, 6.07) is 9.48. The summed E-state index contributed by atoms with van der Waals surface area (Å²) in [6.45, 7) is 8.68. The Morgan fingerprint density at radius 2 is 1.70 bits per heavy atom. The van der Waals surface area contributed by atoms with Gasteiger partial charge in [0.05, 0.1) is 6.04 Å². The van der Waals surface area contributed by atoms with Crippen molar-refractivity contribution < 1.29 is 8.42 Å². The van der Waals surface area contributed by atoms with Crippen molar-refractivity contribution in [1.82, 2.24) is 28.5 Å². The number of nitrogen functional groups attached to an aromatic ring is 1. The topological polar surface area (TPSA) is 121 Å². The number of hydrogen-bond donors (Lipinski definition) is 2. The van der Waals surface area contributed by atoms with Gasteiger partial charge < -0.3 is 11.1 Å². The van der Waals surface area contributed by atoms with Gasteiger partial charge in [0.2, 0.25) is 11.9 Å². The highest BCUT2D eigenvalue weighted by Crippen LogP contribution is 2.22. The van der Waals surface area contributed by atoms with E-state index >= 15 is 0 Å². The van der Waals surface area contributed by atoms with Gasteiger partial charge >= 0.3 is 0 Å². The van der Waals surface area contributed by atoms with E-state index in [-0.39, 0.29) is 12.0 Å². The number of nitrogens with two attached hydrogens (primary N) is 1. The van der Waals surface area contributed by atoms with Crippen LogP contribution in [0.2, 0.25) is 0 Å². The third-order valence-electron chi connectivity index (χ3n) is 5.25. The number of para-hydroxylation sites is 1. The van der Waals surface area contributed by atoms with Gasteiger partial charge in [0, 0.05) is 45.0 Å². The molecule has 11 heteroatoms. The molecule has 0 unspecified atom stereocenters. The lowest BCUT2D eigenvalue weighted by molar-refractivity contribution is 0.137. The molecule has 0 radical (unpaired) electrons. The highest BCUT2D eigenvalue weighted by atomic mass is 32.2. The molecule has 1 atom stereocenters. The molecule has 2 aromatic rings. The van der Waals surface area contributed by atoms with Crippen molar-refractivity contribution in [3.63, 3.8) is 0 Å². The highest BCUT2D eigenvalue weighted by Gasteiger charge is 2.32. The van der Waals surface area contributed by atoms with Gasteiger partial charge in [0.25, 0.3) is 10.2 Å². The van der Waals surface area contributed by atoms with Crippen molar-refractivity contribution in [2.75, 3.05) is 50.3 Å². The van der Waals surface area contributed by atoms with E-state index in [0.29, 0.717) is 51.0 Å². The molecule has 0 bridgehead atoms. The van der Waals surface area contributed by atoms with Crippen LogP contribution in [0.25, 0.3) is 0 Å². The molecule has 0 spiro atoms. The van der Waals surface area contributed by atoms with Crippen LogP contribution in [-0.2, 0) is 10.2 Å². The SMILES string of the molecule is CCN(CC)S(=O)(=O)N1CCN([C@H](C)c2nc(N)nc(Nc3ccccc3)n2)CC1. The Morgan fingerprint density at radius 1 is 1.07 bits per heavy atom. The molecule has 1 aromatic heterocycles. The molecule has 0 saturated carbocycles. The van der Waals surface area contributed by atoms with E-state index in [0.717, 1.165) is 5.69 Å². The molecule has 1 saturated heterocycles. The minimum atomic E-state index is -3.42. The molecule has 3 rings (SSSR count). The molecular weight excluding hydrogens is 404 g/mol. The van der Waals surface area contributed by atoms with Crippen LogP contribution >= 0.6 is 0 Å². The minimum absolute atomic E-state index is 0.120. The predicted octanol–water partition coefficient (Wildman–Crippen LogP) is 1.46. The van der Waals surface area contributed by atoms with Gasteiger partial charge in [-0.3, -0.25) is 4.90 Å². The van der Waals surface area contributed by atoms with Gasteiger partial charge in [-0.25, -0.2) is 0 Å². The van der Waals surface area contributed by atoms with Gasteiger partial charge in [-0.15, -0.1) is 0 Å². The molecule has 1 aliphatic heterocycles. The van der Waals surface area contributed by atoms with E-state index in [4.69, 9.17) is 5.73 Å². The van der Waals surface area contributed by atoms with Crippen LogP contribution in [0, 0.1) is 0 Å². The largest absolute Gasteiger partial charge is 0.368 e. The molecule has 1 fully saturated rings. The summed E-state index contributed by atoms with van der Waals surface area (Å²) < 4.78 is 28.5. The van der Waals surface area contributed by atoms with Crippen molar-refractivity contribution in [3.8, 4) is 0 Å². The average Bonchev–Trinajstić information content (AvgIpc) is 2.74. The lowest BCUT2D eigenvalue weighted by Gasteiger charge is -2.38. The molecular formula is C19H30N8O2S. The molecule has 164 valence electrons. The average molecular weight is 435 g/mol. The zero-order chi connectivity index (χ0) is 21.7. The van der Waals surface area contributed by atoms with Crippen molar-refractivity contribution in [1.29, 1.82) is 0 Å². The monoisotopic (exact) mass is 434 g/mol. The van der Waals surface area contributed by atoms with Crippen molar-refractivity contribution in [2.45, 2.75) is 26.8 Å². The maximum atomic E-state index is 12.7. The summed E-state index contributed by atoms with van der Waals surface area (Å²) in [4.78, 5) is 15.2. The van der Waals surface area contributed by atoms with Crippen LogP contribution in [0.3, 0.4) is 0 Å². The number of piperazine rings is 1.